The van der Waals surface area contributed by atoms with Gasteiger partial charge in [-0.3, -0.25) is 9.10 Å². The van der Waals surface area contributed by atoms with E-state index in [1.807, 2.05) is 13.8 Å². The monoisotopic (exact) mass is 454 g/mol. The van der Waals surface area contributed by atoms with Gasteiger partial charge >= 0.3 is 5.97 Å². The fourth-order valence-corrected chi connectivity index (χ4v) is 3.57. The average Bonchev–Trinajstić information content (AvgIpc) is 2.66. The molecule has 0 fully saturated rings. The van der Waals surface area contributed by atoms with E-state index in [2.05, 4.69) is 10.1 Å². The summed E-state index contributed by atoms with van der Waals surface area (Å²) in [5.41, 5.74) is 0.662. The van der Waals surface area contributed by atoms with Crippen molar-refractivity contribution in [1.82, 2.24) is 0 Å². The van der Waals surface area contributed by atoms with Crippen molar-refractivity contribution < 1.29 is 27.5 Å². The highest BCUT2D eigenvalue weighted by Gasteiger charge is 2.22. The molecule has 0 spiro atoms. The maximum absolute atomic E-state index is 12.5. The van der Waals surface area contributed by atoms with E-state index < -0.39 is 28.4 Å². The van der Waals surface area contributed by atoms with Gasteiger partial charge in [0.2, 0.25) is 15.9 Å². The molecule has 2 aromatic carbocycles. The molecule has 30 heavy (non-hydrogen) atoms. The number of ether oxygens (including phenoxy) is 2. The maximum Gasteiger partial charge on any atom is 0.337 e. The smallest absolute Gasteiger partial charge is 0.337 e. The number of nitrogens with zero attached hydrogens (tertiary/aromatic N) is 1. The van der Waals surface area contributed by atoms with Crippen LogP contribution < -0.4 is 14.4 Å². The van der Waals surface area contributed by atoms with Crippen molar-refractivity contribution in [3.63, 3.8) is 0 Å². The lowest BCUT2D eigenvalue weighted by Gasteiger charge is -2.22. The molecule has 0 radical (unpaired) electrons. The van der Waals surface area contributed by atoms with E-state index in [9.17, 15) is 18.0 Å². The minimum absolute atomic E-state index is 0.0295. The summed E-state index contributed by atoms with van der Waals surface area (Å²) < 4.78 is 35.7. The molecule has 0 aliphatic heterocycles. The largest absolute Gasteiger partial charge is 0.491 e. The van der Waals surface area contributed by atoms with Crippen molar-refractivity contribution in [2.24, 2.45) is 0 Å². The number of sulfonamides is 1. The molecule has 10 heteroatoms. The van der Waals surface area contributed by atoms with Gasteiger partial charge < -0.3 is 14.8 Å². The fourth-order valence-electron chi connectivity index (χ4n) is 2.55. The Labute approximate surface area is 180 Å². The van der Waals surface area contributed by atoms with Crippen LogP contribution in [0, 0.1) is 0 Å². The highest BCUT2D eigenvalue weighted by molar-refractivity contribution is 7.92. The highest BCUT2D eigenvalue weighted by atomic mass is 35.5. The number of hydrogen-bond donors (Lipinski definition) is 1. The molecule has 1 amide bonds. The first kappa shape index (κ1) is 23.5. The number of carbonyl (C=O) groups is 2. The van der Waals surface area contributed by atoms with E-state index in [-0.39, 0.29) is 22.4 Å². The van der Waals surface area contributed by atoms with Gasteiger partial charge in [-0.05, 0) is 56.3 Å². The van der Waals surface area contributed by atoms with Crippen molar-refractivity contribution in [1.29, 1.82) is 0 Å². The lowest BCUT2D eigenvalue weighted by atomic mass is 10.2. The van der Waals surface area contributed by atoms with E-state index in [0.717, 1.165) is 10.6 Å². The Hall–Kier alpha value is -2.78. The first-order valence-electron chi connectivity index (χ1n) is 8.93. The standard InChI is InChI=1S/C20H23ClN2O6S/c1-13(2)29-16-8-6-15(7-9-16)23(30(4,26)27)12-19(24)22-18-11-14(20(25)28-3)5-10-17(18)21/h5-11,13H,12H2,1-4H3,(H,22,24). The zero-order chi connectivity index (χ0) is 22.5. The van der Waals surface area contributed by atoms with Crippen LogP contribution in [-0.2, 0) is 19.6 Å². The second kappa shape index (κ2) is 9.82. The van der Waals surface area contributed by atoms with Crippen molar-refractivity contribution in [2.45, 2.75) is 20.0 Å². The first-order valence-corrected chi connectivity index (χ1v) is 11.2. The molecular formula is C20H23ClN2O6S. The Kier molecular flexibility index (Phi) is 7.69. The van der Waals surface area contributed by atoms with Crippen LogP contribution in [0.1, 0.15) is 24.2 Å². The van der Waals surface area contributed by atoms with E-state index in [4.69, 9.17) is 16.3 Å². The number of amides is 1. The Morgan fingerprint density at radius 2 is 1.77 bits per heavy atom. The molecule has 0 bridgehead atoms. The Bertz CT molecular complexity index is 1020. The molecule has 0 heterocycles. The van der Waals surface area contributed by atoms with Crippen LogP contribution in [0.15, 0.2) is 42.5 Å². The molecular weight excluding hydrogens is 432 g/mol. The third-order valence-corrected chi connectivity index (χ3v) is 5.32. The van der Waals surface area contributed by atoms with Crippen molar-refractivity contribution in [3.8, 4) is 5.75 Å². The van der Waals surface area contributed by atoms with Crippen LogP contribution in [0.2, 0.25) is 5.02 Å². The lowest BCUT2D eigenvalue weighted by molar-refractivity contribution is -0.114. The van der Waals surface area contributed by atoms with Crippen LogP contribution in [0.5, 0.6) is 5.75 Å². The minimum Gasteiger partial charge on any atom is -0.491 e. The number of hydrogen-bond acceptors (Lipinski definition) is 6. The van der Waals surface area contributed by atoms with Gasteiger partial charge in [-0.2, -0.15) is 0 Å². The van der Waals surface area contributed by atoms with Crippen LogP contribution in [0.25, 0.3) is 0 Å². The molecule has 0 unspecified atom stereocenters. The SMILES string of the molecule is COC(=O)c1ccc(Cl)c(NC(=O)CN(c2ccc(OC(C)C)cc2)S(C)(=O)=O)c1. The summed E-state index contributed by atoms with van der Waals surface area (Å²) in [6.07, 6.45) is 0.974. The van der Waals surface area contributed by atoms with E-state index in [1.54, 1.807) is 24.3 Å². The molecule has 1 N–H and O–H groups in total. The third kappa shape index (κ3) is 6.36. The predicted molar refractivity (Wildman–Crippen MR) is 116 cm³/mol. The maximum atomic E-state index is 12.5. The van der Waals surface area contributed by atoms with Crippen molar-refractivity contribution in [2.75, 3.05) is 29.5 Å². The van der Waals surface area contributed by atoms with Gasteiger partial charge in [-0.25, -0.2) is 13.2 Å². The van der Waals surface area contributed by atoms with Gasteiger partial charge in [0.05, 0.1) is 41.4 Å². The van der Waals surface area contributed by atoms with Crippen LogP contribution in [-0.4, -0.2) is 46.3 Å². The number of benzene rings is 2. The molecule has 0 aromatic heterocycles. The molecule has 0 saturated carbocycles. The van der Waals surface area contributed by atoms with Gasteiger partial charge in [0.1, 0.15) is 12.3 Å². The number of halogens is 1. The Morgan fingerprint density at radius 1 is 1.13 bits per heavy atom. The summed E-state index contributed by atoms with van der Waals surface area (Å²) in [6, 6.07) is 10.6. The molecule has 2 rings (SSSR count). The number of methoxy groups -OCH3 is 1. The van der Waals surface area contributed by atoms with E-state index in [1.165, 1.54) is 25.3 Å². The second-order valence-electron chi connectivity index (χ2n) is 6.66. The summed E-state index contributed by atoms with van der Waals surface area (Å²) in [5.74, 6) is -0.645. The molecule has 162 valence electrons. The number of carbonyl (C=O) groups excluding carboxylic acids is 2. The number of anilines is 2. The number of nitrogens with one attached hydrogen (secondary N) is 1. The topological polar surface area (TPSA) is 102 Å². The van der Waals surface area contributed by atoms with Gasteiger partial charge in [0, 0.05) is 0 Å². The zero-order valence-corrected chi connectivity index (χ0v) is 18.6. The van der Waals surface area contributed by atoms with Crippen molar-refractivity contribution >= 4 is 44.9 Å². The van der Waals surface area contributed by atoms with Crippen LogP contribution in [0.3, 0.4) is 0 Å². The van der Waals surface area contributed by atoms with Gasteiger partial charge in [-0.1, -0.05) is 11.6 Å². The average molecular weight is 455 g/mol. The number of esters is 1. The van der Waals surface area contributed by atoms with Crippen LogP contribution >= 0.6 is 11.6 Å². The number of rotatable bonds is 8. The van der Waals surface area contributed by atoms with Gasteiger partial charge in [0.15, 0.2) is 0 Å². The Balaban J connectivity index is 2.22. The van der Waals surface area contributed by atoms with Crippen molar-refractivity contribution in [3.05, 3.63) is 53.1 Å². The van der Waals surface area contributed by atoms with E-state index in [0.29, 0.717) is 11.4 Å². The third-order valence-electron chi connectivity index (χ3n) is 3.85. The van der Waals surface area contributed by atoms with Gasteiger partial charge in [-0.15, -0.1) is 0 Å². The predicted octanol–water partition coefficient (Wildman–Crippen LogP) is 3.32. The quantitative estimate of drug-likeness (QED) is 0.614. The van der Waals surface area contributed by atoms with Crippen LogP contribution in [0.4, 0.5) is 11.4 Å². The summed E-state index contributed by atoms with van der Waals surface area (Å²) in [6.45, 7) is 3.27. The molecule has 2 aromatic rings. The molecule has 0 aliphatic rings. The summed E-state index contributed by atoms with van der Waals surface area (Å²) in [7, 11) is -2.52. The molecule has 0 saturated heterocycles. The summed E-state index contributed by atoms with van der Waals surface area (Å²) >= 11 is 6.08. The zero-order valence-electron chi connectivity index (χ0n) is 17.0. The normalized spacial score (nSPS) is 11.1. The lowest BCUT2D eigenvalue weighted by Crippen LogP contribution is -2.37. The first-order chi connectivity index (χ1) is 14.0. The summed E-state index contributed by atoms with van der Waals surface area (Å²) in [5, 5.41) is 2.72. The minimum atomic E-state index is -3.75. The fraction of sp³-hybridized carbons (Fsp3) is 0.300. The molecule has 8 nitrogen and oxygen atoms in total. The Morgan fingerprint density at radius 3 is 2.30 bits per heavy atom. The molecule has 0 atom stereocenters. The summed E-state index contributed by atoms with van der Waals surface area (Å²) in [4.78, 5) is 24.2. The van der Waals surface area contributed by atoms with Gasteiger partial charge in [0.25, 0.3) is 0 Å². The highest BCUT2D eigenvalue weighted by Crippen LogP contribution is 2.25. The second-order valence-corrected chi connectivity index (χ2v) is 8.98. The van der Waals surface area contributed by atoms with E-state index >= 15 is 0 Å². The molecule has 0 aliphatic carbocycles.